The molecule has 0 bridgehead atoms. The van der Waals surface area contributed by atoms with Crippen LogP contribution in [0, 0.1) is 0 Å². The number of esters is 2. The number of nitrogens with one attached hydrogen (secondary N) is 2. The van der Waals surface area contributed by atoms with Crippen molar-refractivity contribution in [2.75, 3.05) is 12.4 Å². The number of H-pyrrole nitrogens is 1. The molecular weight excluding hydrogens is 434 g/mol. The van der Waals surface area contributed by atoms with Crippen molar-refractivity contribution in [3.05, 3.63) is 83.9 Å². The zero-order valence-electron chi connectivity index (χ0n) is 18.7. The summed E-state index contributed by atoms with van der Waals surface area (Å²) in [6.07, 6.45) is -0.793. The van der Waals surface area contributed by atoms with E-state index in [4.69, 9.17) is 9.47 Å². The van der Waals surface area contributed by atoms with Crippen LogP contribution in [0.3, 0.4) is 0 Å². The fourth-order valence-electron chi connectivity index (χ4n) is 3.48. The molecule has 1 atom stereocenters. The Kier molecular flexibility index (Phi) is 6.68. The average molecular weight is 457 g/mol. The number of aromatic amines is 1. The summed E-state index contributed by atoms with van der Waals surface area (Å²) in [7, 11) is 1.26. The Morgan fingerprint density at radius 1 is 0.971 bits per heavy atom. The highest BCUT2D eigenvalue weighted by Gasteiger charge is 2.24. The normalized spacial score (nSPS) is 11.6. The van der Waals surface area contributed by atoms with Crippen LogP contribution >= 0.6 is 0 Å². The smallest absolute Gasteiger partial charge is 0.339 e. The molecule has 3 aromatic carbocycles. The summed E-state index contributed by atoms with van der Waals surface area (Å²) >= 11 is 0. The van der Waals surface area contributed by atoms with Crippen molar-refractivity contribution in [3.63, 3.8) is 0 Å². The monoisotopic (exact) mass is 457 g/mol. The van der Waals surface area contributed by atoms with Crippen molar-refractivity contribution in [2.24, 2.45) is 0 Å². The van der Waals surface area contributed by atoms with E-state index in [1.54, 1.807) is 43.3 Å². The molecule has 1 aromatic heterocycles. The number of anilines is 1. The summed E-state index contributed by atoms with van der Waals surface area (Å²) in [4.78, 5) is 45.3. The van der Waals surface area contributed by atoms with E-state index >= 15 is 0 Å². The van der Waals surface area contributed by atoms with E-state index in [1.165, 1.54) is 13.2 Å². The second kappa shape index (κ2) is 9.99. The molecule has 0 radical (unpaired) electrons. The fourth-order valence-corrected chi connectivity index (χ4v) is 3.48. The minimum absolute atomic E-state index is 0.207. The summed E-state index contributed by atoms with van der Waals surface area (Å²) in [6.45, 7) is 1.73. The molecule has 1 amide bonds. The lowest BCUT2D eigenvalue weighted by Crippen LogP contribution is -2.32. The van der Waals surface area contributed by atoms with E-state index in [2.05, 4.69) is 15.3 Å². The van der Waals surface area contributed by atoms with Crippen LogP contribution in [-0.2, 0) is 14.3 Å². The lowest BCUT2D eigenvalue weighted by atomic mass is 10.1. The Morgan fingerprint density at radius 3 is 2.44 bits per heavy atom. The number of carbonyl (C=O) groups excluding carboxylic acids is 3. The maximum atomic E-state index is 12.8. The van der Waals surface area contributed by atoms with Crippen molar-refractivity contribution >= 4 is 34.6 Å². The number of fused-ring (bicyclic) bond motifs is 1. The summed E-state index contributed by atoms with van der Waals surface area (Å²) in [5.74, 6) is -1.07. The quantitative estimate of drug-likeness (QED) is 0.393. The van der Waals surface area contributed by atoms with Crippen LogP contribution in [0.5, 0.6) is 0 Å². The van der Waals surface area contributed by atoms with Gasteiger partial charge in [0.15, 0.2) is 6.10 Å². The average Bonchev–Trinajstić information content (AvgIpc) is 3.31. The molecule has 1 unspecified atom stereocenters. The second-order valence-corrected chi connectivity index (χ2v) is 7.51. The summed E-state index contributed by atoms with van der Waals surface area (Å²) < 4.78 is 10.2. The lowest BCUT2D eigenvalue weighted by molar-refractivity contribution is -0.124. The van der Waals surface area contributed by atoms with Crippen LogP contribution in [0.1, 0.15) is 34.1 Å². The van der Waals surface area contributed by atoms with Gasteiger partial charge in [-0.25, -0.2) is 14.6 Å². The molecule has 34 heavy (non-hydrogen) atoms. The number of aromatic nitrogens is 2. The SMILES string of the molecule is CCC(OC(=O)c1ccc2nc(-c3ccccc3)[nH]c2c1)C(=O)Nc1ccccc1C(=O)OC. The van der Waals surface area contributed by atoms with E-state index in [0.717, 1.165) is 5.56 Å². The van der Waals surface area contributed by atoms with Gasteiger partial charge in [0, 0.05) is 5.56 Å². The van der Waals surface area contributed by atoms with Crippen molar-refractivity contribution in [1.82, 2.24) is 9.97 Å². The van der Waals surface area contributed by atoms with E-state index in [0.29, 0.717) is 16.9 Å². The molecule has 4 rings (SSSR count). The molecule has 0 aliphatic heterocycles. The Balaban J connectivity index is 1.49. The third-order valence-corrected chi connectivity index (χ3v) is 5.27. The van der Waals surface area contributed by atoms with Crippen molar-refractivity contribution < 1.29 is 23.9 Å². The van der Waals surface area contributed by atoms with Gasteiger partial charge in [-0.05, 0) is 36.8 Å². The molecule has 2 N–H and O–H groups in total. The predicted octanol–water partition coefficient (Wildman–Crippen LogP) is 4.59. The first kappa shape index (κ1) is 22.7. The van der Waals surface area contributed by atoms with E-state index in [-0.39, 0.29) is 23.2 Å². The number of imidazole rings is 1. The van der Waals surface area contributed by atoms with Crippen LogP contribution in [0.15, 0.2) is 72.8 Å². The van der Waals surface area contributed by atoms with Gasteiger partial charge in [0.25, 0.3) is 5.91 Å². The number of para-hydroxylation sites is 1. The molecule has 0 aliphatic carbocycles. The Morgan fingerprint density at radius 2 is 1.71 bits per heavy atom. The van der Waals surface area contributed by atoms with Crippen LogP contribution in [0.4, 0.5) is 5.69 Å². The first-order chi connectivity index (χ1) is 16.5. The Bertz CT molecular complexity index is 1350. The lowest BCUT2D eigenvalue weighted by Gasteiger charge is -2.17. The molecule has 1 heterocycles. The molecule has 8 nitrogen and oxygen atoms in total. The van der Waals surface area contributed by atoms with Gasteiger partial charge >= 0.3 is 11.9 Å². The van der Waals surface area contributed by atoms with Crippen molar-refractivity contribution in [1.29, 1.82) is 0 Å². The number of hydrogen-bond acceptors (Lipinski definition) is 6. The fraction of sp³-hybridized carbons (Fsp3) is 0.154. The van der Waals surface area contributed by atoms with Crippen LogP contribution in [-0.4, -0.2) is 41.0 Å². The largest absolute Gasteiger partial charge is 0.465 e. The van der Waals surface area contributed by atoms with Crippen LogP contribution in [0.25, 0.3) is 22.4 Å². The van der Waals surface area contributed by atoms with Crippen molar-refractivity contribution in [3.8, 4) is 11.4 Å². The first-order valence-electron chi connectivity index (χ1n) is 10.7. The summed E-state index contributed by atoms with van der Waals surface area (Å²) in [6, 6.07) is 21.1. The molecule has 0 saturated heterocycles. The molecule has 0 fully saturated rings. The number of benzene rings is 3. The third kappa shape index (κ3) is 4.80. The second-order valence-electron chi connectivity index (χ2n) is 7.51. The summed E-state index contributed by atoms with van der Waals surface area (Å²) in [5, 5.41) is 2.65. The van der Waals surface area contributed by atoms with Gasteiger partial charge in [0.1, 0.15) is 5.82 Å². The van der Waals surface area contributed by atoms with E-state index < -0.39 is 23.9 Å². The Labute approximate surface area is 195 Å². The zero-order valence-corrected chi connectivity index (χ0v) is 18.7. The molecule has 8 heteroatoms. The molecule has 4 aromatic rings. The molecule has 0 aliphatic rings. The number of ether oxygens (including phenoxy) is 2. The van der Waals surface area contributed by atoms with Gasteiger partial charge in [-0.3, -0.25) is 4.79 Å². The molecular formula is C26H23N3O5. The van der Waals surface area contributed by atoms with Crippen LogP contribution < -0.4 is 5.32 Å². The number of hydrogen-bond donors (Lipinski definition) is 2. The minimum Gasteiger partial charge on any atom is -0.465 e. The number of carbonyl (C=O) groups is 3. The number of nitrogens with zero attached hydrogens (tertiary/aromatic N) is 1. The topological polar surface area (TPSA) is 110 Å². The predicted molar refractivity (Wildman–Crippen MR) is 127 cm³/mol. The standard InChI is InChI=1S/C26H23N3O5/c1-3-22(24(30)29-19-12-8-7-11-18(19)26(32)33-2)34-25(31)17-13-14-20-21(15-17)28-23(27-20)16-9-5-4-6-10-16/h4-15,22H,3H2,1-2H3,(H,27,28)(H,29,30). The maximum absolute atomic E-state index is 12.8. The number of methoxy groups -OCH3 is 1. The van der Waals surface area contributed by atoms with Gasteiger partial charge in [-0.2, -0.15) is 0 Å². The van der Waals surface area contributed by atoms with E-state index in [1.807, 2.05) is 30.3 Å². The Hall–Kier alpha value is -4.46. The van der Waals surface area contributed by atoms with Gasteiger partial charge in [0.05, 0.1) is 35.0 Å². The zero-order chi connectivity index (χ0) is 24.1. The van der Waals surface area contributed by atoms with Gasteiger partial charge < -0.3 is 19.8 Å². The minimum atomic E-state index is -1.05. The number of rotatable bonds is 7. The first-order valence-corrected chi connectivity index (χ1v) is 10.7. The van der Waals surface area contributed by atoms with Crippen LogP contribution in [0.2, 0.25) is 0 Å². The van der Waals surface area contributed by atoms with Gasteiger partial charge in [-0.1, -0.05) is 49.4 Å². The van der Waals surface area contributed by atoms with Gasteiger partial charge in [0.2, 0.25) is 0 Å². The number of amides is 1. The molecule has 0 saturated carbocycles. The summed E-state index contributed by atoms with van der Waals surface area (Å²) in [5.41, 5.74) is 3.09. The van der Waals surface area contributed by atoms with Crippen molar-refractivity contribution in [2.45, 2.75) is 19.4 Å². The maximum Gasteiger partial charge on any atom is 0.339 e. The highest BCUT2D eigenvalue weighted by molar-refractivity contribution is 6.03. The van der Waals surface area contributed by atoms with E-state index in [9.17, 15) is 14.4 Å². The molecule has 172 valence electrons. The highest BCUT2D eigenvalue weighted by Crippen LogP contribution is 2.22. The third-order valence-electron chi connectivity index (χ3n) is 5.27. The van der Waals surface area contributed by atoms with Gasteiger partial charge in [-0.15, -0.1) is 0 Å². The highest BCUT2D eigenvalue weighted by atomic mass is 16.5. The molecule has 0 spiro atoms.